The average molecular weight is 412 g/mol. The molecule has 0 aliphatic carbocycles. The van der Waals surface area contributed by atoms with Gasteiger partial charge < -0.3 is 10.8 Å². The smallest absolute Gasteiger partial charge is 0.431 e. The maximum Gasteiger partial charge on any atom is 0.431 e. The third-order valence-electron chi connectivity index (χ3n) is 4.97. The van der Waals surface area contributed by atoms with Gasteiger partial charge in [0.1, 0.15) is 0 Å². The van der Waals surface area contributed by atoms with Crippen LogP contribution < -0.4 is 10.7 Å². The number of aromatic nitrogens is 1. The number of amides is 2. The first-order chi connectivity index (χ1) is 15.0. The summed E-state index contributed by atoms with van der Waals surface area (Å²) in [5.74, 6) is -0.556. The maximum absolute atomic E-state index is 13.6. The van der Waals surface area contributed by atoms with Crippen LogP contribution in [0.15, 0.2) is 84.9 Å². The first kappa shape index (κ1) is 19.9. The Labute approximate surface area is 178 Å². The highest BCUT2D eigenvalue weighted by atomic mass is 16.4. The van der Waals surface area contributed by atoms with Gasteiger partial charge in [0.2, 0.25) is 0 Å². The molecule has 0 bridgehead atoms. The molecule has 31 heavy (non-hydrogen) atoms. The van der Waals surface area contributed by atoms with E-state index in [0.717, 1.165) is 15.6 Å². The van der Waals surface area contributed by atoms with Crippen molar-refractivity contribution in [3.8, 4) is 11.3 Å². The van der Waals surface area contributed by atoms with Crippen LogP contribution >= 0.6 is 0 Å². The van der Waals surface area contributed by atoms with Crippen molar-refractivity contribution in [2.75, 3.05) is 17.8 Å². The van der Waals surface area contributed by atoms with E-state index in [4.69, 9.17) is 5.73 Å². The molecule has 4 aromatic rings. The normalized spacial score (nSPS) is 10.6. The number of nitrogen functional groups attached to an aromatic ring is 1. The molecule has 0 saturated carbocycles. The van der Waals surface area contributed by atoms with Gasteiger partial charge in [-0.05, 0) is 18.2 Å². The van der Waals surface area contributed by atoms with Gasteiger partial charge in [-0.3, -0.25) is 4.79 Å². The van der Waals surface area contributed by atoms with E-state index < -0.39 is 12.0 Å². The highest BCUT2D eigenvalue weighted by molar-refractivity contribution is 6.14. The molecule has 0 radical (unpaired) electrons. The Balaban J connectivity index is 1.89. The molecule has 1 aromatic heterocycles. The Morgan fingerprint density at radius 2 is 1.45 bits per heavy atom. The molecule has 4 rings (SSSR count). The topological polar surface area (TPSA) is 99.8 Å². The van der Waals surface area contributed by atoms with Crippen LogP contribution in [0.5, 0.6) is 0 Å². The number of nitrogens with zero attached hydrogens (tertiary/aromatic N) is 3. The zero-order valence-electron chi connectivity index (χ0n) is 16.8. The fourth-order valence-corrected chi connectivity index (χ4v) is 3.51. The molecular formula is C24H20N4O3. The van der Waals surface area contributed by atoms with Crippen LogP contribution in [0, 0.1) is 0 Å². The third kappa shape index (κ3) is 3.64. The molecule has 0 aliphatic rings. The van der Waals surface area contributed by atoms with Gasteiger partial charge in [0, 0.05) is 18.0 Å². The van der Waals surface area contributed by atoms with Crippen LogP contribution in [0.25, 0.3) is 22.2 Å². The van der Waals surface area contributed by atoms with E-state index in [1.54, 1.807) is 48.5 Å². The summed E-state index contributed by atoms with van der Waals surface area (Å²) in [6.07, 6.45) is -1.29. The maximum atomic E-state index is 13.6. The van der Waals surface area contributed by atoms with Crippen LogP contribution in [-0.4, -0.2) is 34.1 Å². The Morgan fingerprint density at radius 1 is 0.871 bits per heavy atom. The van der Waals surface area contributed by atoms with Crippen molar-refractivity contribution in [2.24, 2.45) is 0 Å². The molecule has 7 nitrogen and oxygen atoms in total. The summed E-state index contributed by atoms with van der Waals surface area (Å²) in [7, 11) is 1.40. The van der Waals surface area contributed by atoms with E-state index in [2.05, 4.69) is 4.98 Å². The van der Waals surface area contributed by atoms with Crippen molar-refractivity contribution in [1.82, 2.24) is 9.99 Å². The monoisotopic (exact) mass is 412 g/mol. The Morgan fingerprint density at radius 3 is 2.10 bits per heavy atom. The first-order valence-corrected chi connectivity index (χ1v) is 9.58. The number of benzene rings is 3. The molecule has 0 saturated heterocycles. The largest absolute Gasteiger partial charge is 0.463 e. The molecule has 3 aromatic carbocycles. The first-order valence-electron chi connectivity index (χ1n) is 9.58. The van der Waals surface area contributed by atoms with Gasteiger partial charge in [-0.15, -0.1) is 0 Å². The molecule has 0 fully saturated rings. The number of rotatable bonds is 3. The van der Waals surface area contributed by atoms with Crippen LogP contribution in [0.3, 0.4) is 0 Å². The minimum Gasteiger partial charge on any atom is -0.463 e. The van der Waals surface area contributed by atoms with Crippen molar-refractivity contribution in [2.45, 2.75) is 0 Å². The Hall–Kier alpha value is -4.39. The number of carbonyl (C=O) groups excluding carboxylic acids is 1. The SMILES string of the molecule is CN(C(=O)c1c(N)c(-c2ccccc2)nc2ccccc12)N(C(=O)O)c1ccccc1. The second-order valence-corrected chi connectivity index (χ2v) is 6.89. The van der Waals surface area contributed by atoms with Gasteiger partial charge in [-0.1, -0.05) is 66.7 Å². The molecular weight excluding hydrogens is 392 g/mol. The summed E-state index contributed by atoms with van der Waals surface area (Å²) in [5, 5.41) is 12.3. The van der Waals surface area contributed by atoms with Crippen LogP contribution in [0.1, 0.15) is 10.4 Å². The number of hydrogen-bond acceptors (Lipinski definition) is 4. The van der Waals surface area contributed by atoms with E-state index >= 15 is 0 Å². The number of hydrogen-bond donors (Lipinski definition) is 2. The van der Waals surface area contributed by atoms with Crippen molar-refractivity contribution in [3.05, 3.63) is 90.5 Å². The fraction of sp³-hybridized carbons (Fsp3) is 0.0417. The van der Waals surface area contributed by atoms with Crippen molar-refractivity contribution in [1.29, 1.82) is 0 Å². The summed E-state index contributed by atoms with van der Waals surface area (Å²) in [5.41, 5.74) is 9.02. The molecule has 0 atom stereocenters. The summed E-state index contributed by atoms with van der Waals surface area (Å²) in [6, 6.07) is 24.9. The second kappa shape index (κ2) is 8.16. The Bertz CT molecular complexity index is 1260. The number of carbonyl (C=O) groups is 2. The summed E-state index contributed by atoms with van der Waals surface area (Å²) >= 11 is 0. The number of carboxylic acid groups (broad SMARTS) is 1. The van der Waals surface area contributed by atoms with E-state index in [0.29, 0.717) is 22.3 Å². The van der Waals surface area contributed by atoms with E-state index in [1.165, 1.54) is 7.05 Å². The van der Waals surface area contributed by atoms with Crippen LogP contribution in [0.4, 0.5) is 16.2 Å². The van der Waals surface area contributed by atoms with Crippen molar-refractivity contribution >= 4 is 34.3 Å². The quantitative estimate of drug-likeness (QED) is 0.477. The van der Waals surface area contributed by atoms with E-state index in [-0.39, 0.29) is 11.3 Å². The zero-order valence-corrected chi connectivity index (χ0v) is 16.8. The lowest BCUT2D eigenvalue weighted by Crippen LogP contribution is -2.47. The van der Waals surface area contributed by atoms with Crippen LogP contribution in [0.2, 0.25) is 0 Å². The van der Waals surface area contributed by atoms with Crippen LogP contribution in [-0.2, 0) is 0 Å². The highest BCUT2D eigenvalue weighted by Crippen LogP contribution is 2.33. The van der Waals surface area contributed by atoms with Gasteiger partial charge >= 0.3 is 6.09 Å². The number of hydrazine groups is 1. The van der Waals surface area contributed by atoms with Gasteiger partial charge in [0.25, 0.3) is 5.91 Å². The third-order valence-corrected chi connectivity index (χ3v) is 4.97. The summed E-state index contributed by atoms with van der Waals surface area (Å²) in [6.45, 7) is 0. The minimum absolute atomic E-state index is 0.195. The lowest BCUT2D eigenvalue weighted by Gasteiger charge is -2.30. The molecule has 154 valence electrons. The average Bonchev–Trinajstić information content (AvgIpc) is 2.79. The van der Waals surface area contributed by atoms with E-state index in [1.807, 2.05) is 36.4 Å². The lowest BCUT2D eigenvalue weighted by molar-refractivity contribution is 0.0772. The molecule has 7 heteroatoms. The number of anilines is 2. The predicted octanol–water partition coefficient (Wildman–Crippen LogP) is 4.66. The highest BCUT2D eigenvalue weighted by Gasteiger charge is 2.29. The van der Waals surface area contributed by atoms with Gasteiger partial charge in [0.05, 0.1) is 28.1 Å². The number of para-hydroxylation sites is 2. The van der Waals surface area contributed by atoms with E-state index in [9.17, 15) is 14.7 Å². The standard InChI is InChI=1S/C24H20N4O3/c1-27(28(24(30)31)17-12-6-3-7-13-17)23(29)20-18-14-8-9-15-19(18)26-22(21(20)25)16-10-4-2-5-11-16/h2-15H,25H2,1H3,(H,30,31). The van der Waals surface area contributed by atoms with Gasteiger partial charge in [-0.25, -0.2) is 14.8 Å². The predicted molar refractivity (Wildman–Crippen MR) is 121 cm³/mol. The second-order valence-electron chi connectivity index (χ2n) is 6.89. The molecule has 0 aliphatic heterocycles. The number of nitrogens with two attached hydrogens (primary N) is 1. The molecule has 1 heterocycles. The molecule has 3 N–H and O–H groups in total. The summed E-state index contributed by atoms with van der Waals surface area (Å²) < 4.78 is 0. The summed E-state index contributed by atoms with van der Waals surface area (Å²) in [4.78, 5) is 30.3. The Kier molecular flexibility index (Phi) is 5.24. The molecule has 2 amide bonds. The molecule has 0 spiro atoms. The number of fused-ring (bicyclic) bond motifs is 1. The number of pyridine rings is 1. The van der Waals surface area contributed by atoms with Gasteiger partial charge in [-0.2, -0.15) is 5.01 Å². The zero-order chi connectivity index (χ0) is 22.0. The lowest BCUT2D eigenvalue weighted by atomic mass is 10.0. The van der Waals surface area contributed by atoms with Gasteiger partial charge in [0.15, 0.2) is 0 Å². The van der Waals surface area contributed by atoms with Crippen molar-refractivity contribution < 1.29 is 14.7 Å². The van der Waals surface area contributed by atoms with Crippen molar-refractivity contribution in [3.63, 3.8) is 0 Å². The minimum atomic E-state index is -1.29. The molecule has 0 unspecified atom stereocenters. The fourth-order valence-electron chi connectivity index (χ4n) is 3.51.